The lowest BCUT2D eigenvalue weighted by Gasteiger charge is -2.30. The van der Waals surface area contributed by atoms with Crippen molar-refractivity contribution in [2.24, 2.45) is 0 Å². The molecule has 1 rings (SSSR count). The zero-order valence-corrected chi connectivity index (χ0v) is 10.9. The van der Waals surface area contributed by atoms with E-state index in [9.17, 15) is 13.2 Å². The summed E-state index contributed by atoms with van der Waals surface area (Å²) in [6.07, 6.45) is 1.90. The van der Waals surface area contributed by atoms with Crippen LogP contribution in [-0.2, 0) is 14.8 Å². The molecule has 0 saturated carbocycles. The number of carboxylic acids is 1. The summed E-state index contributed by atoms with van der Waals surface area (Å²) in [5, 5.41) is 11.6. The molecule has 1 unspecified atom stereocenters. The number of hydrogen-bond acceptors (Lipinski definition) is 4. The van der Waals surface area contributed by atoms with Crippen molar-refractivity contribution < 1.29 is 18.3 Å². The molecular formula is C10H20N2O4S. The van der Waals surface area contributed by atoms with Gasteiger partial charge in [-0.05, 0) is 25.8 Å². The third-order valence-electron chi connectivity index (χ3n) is 3.02. The van der Waals surface area contributed by atoms with Gasteiger partial charge in [-0.1, -0.05) is 0 Å². The predicted octanol–water partition coefficient (Wildman–Crippen LogP) is -0.135. The van der Waals surface area contributed by atoms with E-state index < -0.39 is 16.0 Å². The van der Waals surface area contributed by atoms with Gasteiger partial charge in [-0.15, -0.1) is 0 Å². The Morgan fingerprint density at radius 1 is 1.53 bits per heavy atom. The summed E-state index contributed by atoms with van der Waals surface area (Å²) in [6.45, 7) is 1.61. The van der Waals surface area contributed by atoms with Gasteiger partial charge in [0.15, 0.2) is 0 Å². The second kappa shape index (κ2) is 6.32. The van der Waals surface area contributed by atoms with Gasteiger partial charge >= 0.3 is 5.97 Å². The molecule has 1 aliphatic rings. The monoisotopic (exact) mass is 264 g/mol. The van der Waals surface area contributed by atoms with Crippen LogP contribution in [0.2, 0.25) is 0 Å². The fourth-order valence-electron chi connectivity index (χ4n) is 1.92. The molecule has 0 amide bonds. The fourth-order valence-corrected chi connectivity index (χ4v) is 3.35. The summed E-state index contributed by atoms with van der Waals surface area (Å²) in [4.78, 5) is 10.3. The van der Waals surface area contributed by atoms with Crippen molar-refractivity contribution in [2.75, 3.05) is 25.9 Å². The largest absolute Gasteiger partial charge is 0.481 e. The molecule has 6 nitrogen and oxygen atoms in total. The molecule has 1 atom stereocenters. The van der Waals surface area contributed by atoms with E-state index in [1.165, 1.54) is 4.31 Å². The van der Waals surface area contributed by atoms with E-state index in [0.29, 0.717) is 6.54 Å². The molecule has 100 valence electrons. The first kappa shape index (κ1) is 14.4. The van der Waals surface area contributed by atoms with Crippen LogP contribution in [0.25, 0.3) is 0 Å². The van der Waals surface area contributed by atoms with Crippen molar-refractivity contribution in [3.63, 3.8) is 0 Å². The van der Waals surface area contributed by atoms with Gasteiger partial charge in [-0.25, -0.2) is 12.7 Å². The molecule has 0 aliphatic carbocycles. The quantitative estimate of drug-likeness (QED) is 0.697. The number of nitrogens with zero attached hydrogens (tertiary/aromatic N) is 1. The van der Waals surface area contributed by atoms with E-state index in [0.717, 1.165) is 19.4 Å². The third-order valence-corrected chi connectivity index (χ3v) is 5.00. The molecule has 1 saturated heterocycles. The summed E-state index contributed by atoms with van der Waals surface area (Å²) < 4.78 is 25.2. The first-order valence-corrected chi connectivity index (χ1v) is 7.42. The van der Waals surface area contributed by atoms with Crippen molar-refractivity contribution in [1.82, 2.24) is 9.62 Å². The van der Waals surface area contributed by atoms with Crippen molar-refractivity contribution >= 4 is 16.0 Å². The van der Waals surface area contributed by atoms with E-state index in [1.807, 2.05) is 0 Å². The Bertz CT molecular complexity index is 349. The van der Waals surface area contributed by atoms with E-state index >= 15 is 0 Å². The Hall–Kier alpha value is -0.660. The van der Waals surface area contributed by atoms with Gasteiger partial charge < -0.3 is 10.4 Å². The molecule has 0 bridgehead atoms. The summed E-state index contributed by atoms with van der Waals surface area (Å²) in [5.41, 5.74) is 0. The molecule has 1 aliphatic heterocycles. The molecule has 7 heteroatoms. The van der Waals surface area contributed by atoms with Gasteiger partial charge in [-0.3, -0.25) is 4.79 Å². The van der Waals surface area contributed by atoms with Crippen LogP contribution in [0.1, 0.15) is 25.7 Å². The maximum atomic E-state index is 11.9. The Morgan fingerprint density at radius 3 is 2.76 bits per heavy atom. The van der Waals surface area contributed by atoms with Crippen LogP contribution in [0.4, 0.5) is 0 Å². The Morgan fingerprint density at radius 2 is 2.24 bits per heavy atom. The predicted molar refractivity (Wildman–Crippen MR) is 64.3 cm³/mol. The van der Waals surface area contributed by atoms with Crippen LogP contribution in [0.3, 0.4) is 0 Å². The number of aliphatic carboxylic acids is 1. The van der Waals surface area contributed by atoms with Crippen LogP contribution >= 0.6 is 0 Å². The maximum absolute atomic E-state index is 11.9. The Labute approximate surface area is 102 Å². The summed E-state index contributed by atoms with van der Waals surface area (Å²) in [5.74, 6) is -1.05. The molecule has 17 heavy (non-hydrogen) atoms. The number of rotatable bonds is 6. The van der Waals surface area contributed by atoms with Crippen molar-refractivity contribution in [3.05, 3.63) is 0 Å². The van der Waals surface area contributed by atoms with Gasteiger partial charge in [0.25, 0.3) is 0 Å². The van der Waals surface area contributed by atoms with Crippen LogP contribution in [0.5, 0.6) is 0 Å². The van der Waals surface area contributed by atoms with Crippen LogP contribution in [0, 0.1) is 0 Å². The topological polar surface area (TPSA) is 86.7 Å². The highest BCUT2D eigenvalue weighted by atomic mass is 32.2. The second-order valence-electron chi connectivity index (χ2n) is 4.33. The molecule has 0 radical (unpaired) electrons. The molecule has 0 aromatic rings. The van der Waals surface area contributed by atoms with E-state index in [1.54, 1.807) is 7.05 Å². The number of carboxylic acid groups (broad SMARTS) is 1. The smallest absolute Gasteiger partial charge is 0.303 e. The lowest BCUT2D eigenvalue weighted by molar-refractivity contribution is -0.137. The van der Waals surface area contributed by atoms with E-state index in [-0.39, 0.29) is 24.6 Å². The molecule has 0 spiro atoms. The normalized spacial score (nSPS) is 21.6. The molecule has 1 heterocycles. The third kappa shape index (κ3) is 4.61. The first-order chi connectivity index (χ1) is 7.93. The van der Waals surface area contributed by atoms with Crippen LogP contribution < -0.4 is 5.32 Å². The average Bonchev–Trinajstić information content (AvgIpc) is 2.28. The van der Waals surface area contributed by atoms with Gasteiger partial charge in [0, 0.05) is 26.1 Å². The van der Waals surface area contributed by atoms with Crippen LogP contribution in [-0.4, -0.2) is 55.7 Å². The summed E-state index contributed by atoms with van der Waals surface area (Å²) in [7, 11) is -1.75. The number of nitrogens with one attached hydrogen (secondary N) is 1. The molecule has 0 aromatic heterocycles. The minimum atomic E-state index is -3.33. The van der Waals surface area contributed by atoms with Crippen LogP contribution in [0.15, 0.2) is 0 Å². The number of hydrogen-bond donors (Lipinski definition) is 2. The highest BCUT2D eigenvalue weighted by Crippen LogP contribution is 2.13. The molecule has 2 N–H and O–H groups in total. The minimum absolute atomic E-state index is 0.00132. The van der Waals surface area contributed by atoms with Gasteiger partial charge in [0.2, 0.25) is 10.0 Å². The first-order valence-electron chi connectivity index (χ1n) is 5.81. The Kier molecular flexibility index (Phi) is 5.35. The molecular weight excluding hydrogens is 244 g/mol. The fraction of sp³-hybridized carbons (Fsp3) is 0.900. The maximum Gasteiger partial charge on any atom is 0.303 e. The van der Waals surface area contributed by atoms with Gasteiger partial charge in [0.1, 0.15) is 0 Å². The zero-order chi connectivity index (χ0) is 12.9. The lowest BCUT2D eigenvalue weighted by atomic mass is 10.1. The molecule has 1 fully saturated rings. The SMILES string of the molecule is CN(C1CCCNC1)S(=O)(=O)CCCC(=O)O. The second-order valence-corrected chi connectivity index (χ2v) is 6.48. The average molecular weight is 264 g/mol. The van der Waals surface area contributed by atoms with Crippen molar-refractivity contribution in [3.8, 4) is 0 Å². The number of carbonyl (C=O) groups is 1. The zero-order valence-electron chi connectivity index (χ0n) is 10.1. The molecule has 0 aromatic carbocycles. The summed E-state index contributed by atoms with van der Waals surface area (Å²) >= 11 is 0. The van der Waals surface area contributed by atoms with Crippen molar-refractivity contribution in [1.29, 1.82) is 0 Å². The Balaban J connectivity index is 2.47. The van der Waals surface area contributed by atoms with E-state index in [4.69, 9.17) is 5.11 Å². The number of sulfonamides is 1. The van der Waals surface area contributed by atoms with E-state index in [2.05, 4.69) is 5.32 Å². The number of piperidine rings is 1. The number of likely N-dealkylation sites (N-methyl/N-ethyl adjacent to an activating group) is 1. The highest BCUT2D eigenvalue weighted by molar-refractivity contribution is 7.89. The summed E-state index contributed by atoms with van der Waals surface area (Å²) in [6, 6.07) is -0.00132. The lowest BCUT2D eigenvalue weighted by Crippen LogP contribution is -2.47. The standard InChI is InChI=1S/C10H20N2O4S/c1-12(9-4-2-6-11-8-9)17(15,16)7-3-5-10(13)14/h9,11H,2-8H2,1H3,(H,13,14). The van der Waals surface area contributed by atoms with Gasteiger partial charge in [-0.2, -0.15) is 0 Å². The highest BCUT2D eigenvalue weighted by Gasteiger charge is 2.27. The van der Waals surface area contributed by atoms with Gasteiger partial charge in [0.05, 0.1) is 5.75 Å². The minimum Gasteiger partial charge on any atom is -0.481 e. The van der Waals surface area contributed by atoms with Crippen molar-refractivity contribution in [2.45, 2.75) is 31.7 Å².